The van der Waals surface area contributed by atoms with Gasteiger partial charge in [0.2, 0.25) is 0 Å². The van der Waals surface area contributed by atoms with E-state index in [9.17, 15) is 0 Å². The minimum atomic E-state index is 0.167. The molecule has 1 N–H and O–H groups in total. The smallest absolute Gasteiger partial charge is 0.0637 e. The molecule has 2 aromatic heterocycles. The van der Waals surface area contributed by atoms with Crippen molar-refractivity contribution in [3.63, 3.8) is 0 Å². The highest BCUT2D eigenvalue weighted by Crippen LogP contribution is 2.24. The summed E-state index contributed by atoms with van der Waals surface area (Å²) in [5.41, 5.74) is 3.42. The Balaban J connectivity index is 2.17. The predicted molar refractivity (Wildman–Crippen MR) is 87.6 cm³/mol. The molecule has 1 unspecified atom stereocenters. The minimum Gasteiger partial charge on any atom is -0.310 e. The van der Waals surface area contributed by atoms with E-state index in [1.807, 2.05) is 12.3 Å². The Morgan fingerprint density at radius 2 is 2.05 bits per heavy atom. The highest BCUT2D eigenvalue weighted by Gasteiger charge is 2.15. The first-order valence-corrected chi connectivity index (χ1v) is 7.89. The summed E-state index contributed by atoms with van der Waals surface area (Å²) in [5.74, 6) is 0. The van der Waals surface area contributed by atoms with Crippen LogP contribution < -0.4 is 5.32 Å². The SMILES string of the molecule is CCCNC(Cc1ccc(CC)cn1)c1ccncc1Cl. The van der Waals surface area contributed by atoms with E-state index in [2.05, 4.69) is 41.3 Å². The van der Waals surface area contributed by atoms with E-state index in [1.165, 1.54) is 5.56 Å². The highest BCUT2D eigenvalue weighted by atomic mass is 35.5. The third kappa shape index (κ3) is 4.51. The number of pyridine rings is 2. The molecule has 3 nitrogen and oxygen atoms in total. The lowest BCUT2D eigenvalue weighted by molar-refractivity contribution is 0.524. The van der Waals surface area contributed by atoms with Crippen LogP contribution in [-0.2, 0) is 12.8 Å². The Bertz CT molecular complexity index is 554. The third-order valence-electron chi connectivity index (χ3n) is 3.53. The van der Waals surface area contributed by atoms with Gasteiger partial charge in [0.1, 0.15) is 0 Å². The van der Waals surface area contributed by atoms with Gasteiger partial charge in [0.05, 0.1) is 5.02 Å². The van der Waals surface area contributed by atoms with Gasteiger partial charge in [0.15, 0.2) is 0 Å². The Labute approximate surface area is 131 Å². The van der Waals surface area contributed by atoms with Gasteiger partial charge in [-0.15, -0.1) is 0 Å². The van der Waals surface area contributed by atoms with Crippen molar-refractivity contribution in [3.8, 4) is 0 Å². The lowest BCUT2D eigenvalue weighted by Gasteiger charge is -2.19. The van der Waals surface area contributed by atoms with Crippen LogP contribution in [0, 0.1) is 0 Å². The van der Waals surface area contributed by atoms with Crippen LogP contribution in [0.3, 0.4) is 0 Å². The van der Waals surface area contributed by atoms with E-state index in [0.29, 0.717) is 5.02 Å². The van der Waals surface area contributed by atoms with Gasteiger partial charge in [-0.1, -0.05) is 31.5 Å². The zero-order chi connectivity index (χ0) is 15.1. The lowest BCUT2D eigenvalue weighted by atomic mass is 10.0. The van der Waals surface area contributed by atoms with Crippen LogP contribution in [0.2, 0.25) is 5.02 Å². The lowest BCUT2D eigenvalue weighted by Crippen LogP contribution is -2.24. The number of aryl methyl sites for hydroxylation is 1. The molecule has 0 saturated heterocycles. The monoisotopic (exact) mass is 303 g/mol. The van der Waals surface area contributed by atoms with Gasteiger partial charge in [0.25, 0.3) is 0 Å². The number of halogens is 1. The summed E-state index contributed by atoms with van der Waals surface area (Å²) in [4.78, 5) is 8.62. The maximum absolute atomic E-state index is 6.29. The molecule has 0 aromatic carbocycles. The topological polar surface area (TPSA) is 37.8 Å². The number of hydrogen-bond acceptors (Lipinski definition) is 3. The largest absolute Gasteiger partial charge is 0.310 e. The molecule has 0 aliphatic rings. The van der Waals surface area contributed by atoms with Crippen LogP contribution in [-0.4, -0.2) is 16.5 Å². The molecule has 2 rings (SSSR count). The quantitative estimate of drug-likeness (QED) is 0.841. The van der Waals surface area contributed by atoms with Crippen LogP contribution in [0.15, 0.2) is 36.8 Å². The molecule has 2 heterocycles. The predicted octanol–water partition coefficient (Wildman–Crippen LogP) is 3.98. The zero-order valence-corrected chi connectivity index (χ0v) is 13.4. The maximum atomic E-state index is 6.29. The van der Waals surface area contributed by atoms with Crippen LogP contribution in [0.1, 0.15) is 43.1 Å². The van der Waals surface area contributed by atoms with Gasteiger partial charge in [0, 0.05) is 36.7 Å². The summed E-state index contributed by atoms with van der Waals surface area (Å²) < 4.78 is 0. The minimum absolute atomic E-state index is 0.167. The summed E-state index contributed by atoms with van der Waals surface area (Å²) in [6.45, 7) is 5.25. The second kappa shape index (κ2) is 8.11. The van der Waals surface area contributed by atoms with Crippen LogP contribution >= 0.6 is 11.6 Å². The fourth-order valence-corrected chi connectivity index (χ4v) is 2.52. The second-order valence-electron chi connectivity index (χ2n) is 5.12. The summed E-state index contributed by atoms with van der Waals surface area (Å²) >= 11 is 6.29. The molecule has 0 bridgehead atoms. The van der Waals surface area contributed by atoms with Crippen molar-refractivity contribution >= 4 is 11.6 Å². The van der Waals surface area contributed by atoms with Gasteiger partial charge < -0.3 is 5.32 Å². The molecule has 4 heteroatoms. The summed E-state index contributed by atoms with van der Waals surface area (Å²) in [6, 6.07) is 6.40. The number of hydrogen-bond donors (Lipinski definition) is 1. The molecular formula is C17H22ClN3. The molecule has 2 aromatic rings. The van der Waals surface area contributed by atoms with Gasteiger partial charge in [-0.05, 0) is 42.6 Å². The molecule has 1 atom stereocenters. The highest BCUT2D eigenvalue weighted by molar-refractivity contribution is 6.31. The molecule has 0 aliphatic carbocycles. The third-order valence-corrected chi connectivity index (χ3v) is 3.84. The van der Waals surface area contributed by atoms with Crippen molar-refractivity contribution in [1.82, 2.24) is 15.3 Å². The Kier molecular flexibility index (Phi) is 6.15. The molecule has 21 heavy (non-hydrogen) atoms. The average molecular weight is 304 g/mol. The molecule has 0 saturated carbocycles. The Morgan fingerprint density at radius 1 is 1.19 bits per heavy atom. The Morgan fingerprint density at radius 3 is 2.67 bits per heavy atom. The maximum Gasteiger partial charge on any atom is 0.0637 e. The fraction of sp³-hybridized carbons (Fsp3) is 0.412. The molecule has 0 radical (unpaired) electrons. The van der Waals surface area contributed by atoms with E-state index in [1.54, 1.807) is 12.4 Å². The van der Waals surface area contributed by atoms with Crippen molar-refractivity contribution in [1.29, 1.82) is 0 Å². The standard InChI is InChI=1S/C17H22ClN3/c1-3-8-20-17(15-7-9-19-12-16(15)18)10-14-6-5-13(4-2)11-21-14/h5-7,9,11-12,17,20H,3-4,8,10H2,1-2H3. The summed E-state index contributed by atoms with van der Waals surface area (Å²) in [5, 5.41) is 4.26. The first-order valence-electron chi connectivity index (χ1n) is 7.51. The van der Waals surface area contributed by atoms with Crippen molar-refractivity contribution in [2.45, 2.75) is 39.2 Å². The van der Waals surface area contributed by atoms with Crippen LogP contribution in [0.4, 0.5) is 0 Å². The van der Waals surface area contributed by atoms with E-state index in [4.69, 9.17) is 11.6 Å². The molecule has 0 fully saturated rings. The van der Waals surface area contributed by atoms with Crippen LogP contribution in [0.25, 0.3) is 0 Å². The molecule has 0 spiro atoms. The van der Waals surface area contributed by atoms with Crippen molar-refractivity contribution in [2.24, 2.45) is 0 Å². The first-order chi connectivity index (χ1) is 10.2. The molecule has 0 aliphatic heterocycles. The van der Waals surface area contributed by atoms with E-state index in [-0.39, 0.29) is 6.04 Å². The molecule has 112 valence electrons. The van der Waals surface area contributed by atoms with E-state index < -0.39 is 0 Å². The number of nitrogens with one attached hydrogen (secondary N) is 1. The number of nitrogens with zero attached hydrogens (tertiary/aromatic N) is 2. The zero-order valence-electron chi connectivity index (χ0n) is 12.6. The van der Waals surface area contributed by atoms with Gasteiger partial charge in [-0.3, -0.25) is 9.97 Å². The number of rotatable bonds is 7. The summed E-state index contributed by atoms with van der Waals surface area (Å²) in [6.07, 6.45) is 8.37. The van der Waals surface area contributed by atoms with E-state index >= 15 is 0 Å². The van der Waals surface area contributed by atoms with Crippen molar-refractivity contribution in [3.05, 3.63) is 58.6 Å². The normalized spacial score (nSPS) is 12.3. The molecular weight excluding hydrogens is 282 g/mol. The van der Waals surface area contributed by atoms with Gasteiger partial charge >= 0.3 is 0 Å². The first kappa shape index (κ1) is 15.9. The van der Waals surface area contributed by atoms with Crippen molar-refractivity contribution < 1.29 is 0 Å². The van der Waals surface area contributed by atoms with Gasteiger partial charge in [-0.2, -0.15) is 0 Å². The van der Waals surface area contributed by atoms with Crippen molar-refractivity contribution in [2.75, 3.05) is 6.54 Å². The fourth-order valence-electron chi connectivity index (χ4n) is 2.27. The number of aromatic nitrogens is 2. The molecule has 0 amide bonds. The van der Waals surface area contributed by atoms with Crippen LogP contribution in [0.5, 0.6) is 0 Å². The summed E-state index contributed by atoms with van der Waals surface area (Å²) in [7, 11) is 0. The van der Waals surface area contributed by atoms with E-state index in [0.717, 1.165) is 37.1 Å². The van der Waals surface area contributed by atoms with Gasteiger partial charge in [-0.25, -0.2) is 0 Å². The average Bonchev–Trinajstić information content (AvgIpc) is 2.53. The Hall–Kier alpha value is -1.45. The second-order valence-corrected chi connectivity index (χ2v) is 5.53.